The molecule has 136 valence electrons. The van der Waals surface area contributed by atoms with E-state index in [0.29, 0.717) is 23.0 Å². The van der Waals surface area contributed by atoms with Crippen molar-refractivity contribution in [2.24, 2.45) is 5.92 Å². The summed E-state index contributed by atoms with van der Waals surface area (Å²) in [6.45, 7) is 4.36. The number of carbonyl (C=O) groups excluding carboxylic acids is 2. The molecule has 0 radical (unpaired) electrons. The van der Waals surface area contributed by atoms with Gasteiger partial charge < -0.3 is 15.0 Å². The first-order valence-electron chi connectivity index (χ1n) is 8.41. The van der Waals surface area contributed by atoms with Crippen LogP contribution in [-0.4, -0.2) is 25.5 Å². The summed E-state index contributed by atoms with van der Waals surface area (Å²) in [4.78, 5) is 26.7. The van der Waals surface area contributed by atoms with Crippen molar-refractivity contribution < 1.29 is 14.3 Å². The number of nitrogens with zero attached hydrogens (tertiary/aromatic N) is 1. The number of carbonyl (C=O) groups is 2. The molecule has 5 nitrogen and oxygen atoms in total. The Labute approximate surface area is 157 Å². The predicted octanol–water partition coefficient (Wildman–Crippen LogP) is 3.96. The maximum atomic E-state index is 12.6. The highest BCUT2D eigenvalue weighted by atomic mass is 35.5. The molecule has 1 unspecified atom stereocenters. The van der Waals surface area contributed by atoms with Gasteiger partial charge in [-0.3, -0.25) is 9.59 Å². The molecule has 2 amide bonds. The fourth-order valence-corrected chi connectivity index (χ4v) is 3.47. The van der Waals surface area contributed by atoms with Crippen LogP contribution in [-0.2, 0) is 9.59 Å². The molecule has 0 bridgehead atoms. The molecule has 1 aliphatic heterocycles. The van der Waals surface area contributed by atoms with E-state index < -0.39 is 5.92 Å². The fourth-order valence-electron chi connectivity index (χ4n) is 3.21. The highest BCUT2D eigenvalue weighted by Gasteiger charge is 2.35. The average molecular weight is 373 g/mol. The fraction of sp³-hybridized carbons (Fsp3) is 0.300. The average Bonchev–Trinajstić information content (AvgIpc) is 2.97. The Kier molecular flexibility index (Phi) is 5.18. The van der Waals surface area contributed by atoms with E-state index in [1.54, 1.807) is 23.1 Å². The number of methoxy groups -OCH3 is 1. The lowest BCUT2D eigenvalue weighted by molar-refractivity contribution is -0.122. The molecule has 3 rings (SSSR count). The number of halogens is 1. The van der Waals surface area contributed by atoms with E-state index in [1.807, 2.05) is 32.0 Å². The topological polar surface area (TPSA) is 58.6 Å². The quantitative estimate of drug-likeness (QED) is 0.883. The van der Waals surface area contributed by atoms with Gasteiger partial charge >= 0.3 is 0 Å². The SMILES string of the molecule is COc1ccc(NC(=O)C2CC(=O)N(c3ccc(C)cc3C)C2)cc1Cl. The molecule has 0 spiro atoms. The standard InChI is InChI=1S/C20H21ClN2O3/c1-12-4-6-17(13(2)8-12)23-11-14(9-19(23)24)20(25)22-15-5-7-18(26-3)16(21)10-15/h4-8,10,14H,9,11H2,1-3H3,(H,22,25). The van der Waals surface area contributed by atoms with Crippen LogP contribution < -0.4 is 15.0 Å². The Morgan fingerprint density at radius 1 is 1.23 bits per heavy atom. The number of rotatable bonds is 4. The molecule has 0 saturated carbocycles. The third kappa shape index (κ3) is 3.68. The summed E-state index contributed by atoms with van der Waals surface area (Å²) >= 11 is 6.09. The number of nitrogens with one attached hydrogen (secondary N) is 1. The number of amides is 2. The van der Waals surface area contributed by atoms with Crippen LogP contribution in [0.15, 0.2) is 36.4 Å². The second kappa shape index (κ2) is 7.38. The van der Waals surface area contributed by atoms with E-state index in [1.165, 1.54) is 7.11 Å². The molecule has 2 aromatic rings. The van der Waals surface area contributed by atoms with Gasteiger partial charge in [-0.25, -0.2) is 0 Å². The smallest absolute Gasteiger partial charge is 0.229 e. The van der Waals surface area contributed by atoms with Crippen LogP contribution in [0.25, 0.3) is 0 Å². The second-order valence-corrected chi connectivity index (χ2v) is 6.94. The van der Waals surface area contributed by atoms with Crippen molar-refractivity contribution in [3.8, 4) is 5.75 Å². The number of hydrogen-bond acceptors (Lipinski definition) is 3. The molecule has 1 saturated heterocycles. The molecule has 1 aliphatic rings. The van der Waals surface area contributed by atoms with Gasteiger partial charge in [-0.1, -0.05) is 29.3 Å². The largest absolute Gasteiger partial charge is 0.495 e. The van der Waals surface area contributed by atoms with Crippen molar-refractivity contribution in [3.05, 3.63) is 52.5 Å². The van der Waals surface area contributed by atoms with Crippen LogP contribution in [0.5, 0.6) is 5.75 Å². The van der Waals surface area contributed by atoms with Gasteiger partial charge in [-0.15, -0.1) is 0 Å². The van der Waals surface area contributed by atoms with Gasteiger partial charge in [0, 0.05) is 24.3 Å². The van der Waals surface area contributed by atoms with Crippen LogP contribution in [0, 0.1) is 19.8 Å². The lowest BCUT2D eigenvalue weighted by Crippen LogP contribution is -2.28. The van der Waals surface area contributed by atoms with Gasteiger partial charge in [-0.2, -0.15) is 0 Å². The molecule has 6 heteroatoms. The number of anilines is 2. The van der Waals surface area contributed by atoms with Crippen molar-refractivity contribution in [1.29, 1.82) is 0 Å². The van der Waals surface area contributed by atoms with Crippen molar-refractivity contribution in [3.63, 3.8) is 0 Å². The van der Waals surface area contributed by atoms with Crippen molar-refractivity contribution >= 4 is 34.8 Å². The Bertz CT molecular complexity index is 866. The van der Waals surface area contributed by atoms with Gasteiger partial charge in [0.25, 0.3) is 0 Å². The van der Waals surface area contributed by atoms with Gasteiger partial charge in [-0.05, 0) is 43.7 Å². The van der Waals surface area contributed by atoms with Crippen LogP contribution in [0.1, 0.15) is 17.5 Å². The Balaban J connectivity index is 1.71. The van der Waals surface area contributed by atoms with Crippen LogP contribution in [0.2, 0.25) is 5.02 Å². The number of ether oxygens (including phenoxy) is 1. The maximum absolute atomic E-state index is 12.6. The molecule has 0 aliphatic carbocycles. The third-order valence-electron chi connectivity index (χ3n) is 4.56. The van der Waals surface area contributed by atoms with Crippen LogP contribution in [0.3, 0.4) is 0 Å². The first-order valence-corrected chi connectivity index (χ1v) is 8.79. The molecular formula is C20H21ClN2O3. The number of benzene rings is 2. The zero-order valence-corrected chi connectivity index (χ0v) is 15.8. The minimum atomic E-state index is -0.399. The van der Waals surface area contributed by atoms with Crippen LogP contribution >= 0.6 is 11.6 Å². The molecule has 1 atom stereocenters. The van der Waals surface area contributed by atoms with Crippen molar-refractivity contribution in [2.75, 3.05) is 23.9 Å². The van der Waals surface area contributed by atoms with Gasteiger partial charge in [0.15, 0.2) is 0 Å². The van der Waals surface area contributed by atoms with E-state index in [0.717, 1.165) is 16.8 Å². The summed E-state index contributed by atoms with van der Waals surface area (Å²) < 4.78 is 5.11. The van der Waals surface area contributed by atoms with Crippen molar-refractivity contribution in [2.45, 2.75) is 20.3 Å². The first-order chi connectivity index (χ1) is 12.4. The van der Waals surface area contributed by atoms with E-state index in [4.69, 9.17) is 16.3 Å². The predicted molar refractivity (Wildman–Crippen MR) is 103 cm³/mol. The molecule has 2 aromatic carbocycles. The highest BCUT2D eigenvalue weighted by Crippen LogP contribution is 2.30. The lowest BCUT2D eigenvalue weighted by atomic mass is 10.1. The van der Waals surface area contributed by atoms with Gasteiger partial charge in [0.05, 0.1) is 18.1 Å². The Morgan fingerprint density at radius 2 is 2.00 bits per heavy atom. The van der Waals surface area contributed by atoms with Crippen molar-refractivity contribution in [1.82, 2.24) is 0 Å². The zero-order chi connectivity index (χ0) is 18.8. The normalized spacial score (nSPS) is 16.7. The second-order valence-electron chi connectivity index (χ2n) is 6.53. The monoisotopic (exact) mass is 372 g/mol. The summed E-state index contributed by atoms with van der Waals surface area (Å²) in [5, 5.41) is 3.26. The van der Waals surface area contributed by atoms with Gasteiger partial charge in [0.1, 0.15) is 5.75 Å². The molecule has 0 aromatic heterocycles. The highest BCUT2D eigenvalue weighted by molar-refractivity contribution is 6.32. The summed E-state index contributed by atoms with van der Waals surface area (Å²) in [5.74, 6) is -0.0810. The van der Waals surface area contributed by atoms with Gasteiger partial charge in [0.2, 0.25) is 11.8 Å². The van der Waals surface area contributed by atoms with E-state index in [2.05, 4.69) is 5.32 Å². The summed E-state index contributed by atoms with van der Waals surface area (Å²) in [6.07, 6.45) is 0.197. The Morgan fingerprint density at radius 3 is 2.65 bits per heavy atom. The molecule has 1 heterocycles. The molecule has 26 heavy (non-hydrogen) atoms. The summed E-state index contributed by atoms with van der Waals surface area (Å²) in [6, 6.07) is 11.0. The maximum Gasteiger partial charge on any atom is 0.229 e. The van der Waals surface area contributed by atoms with E-state index in [9.17, 15) is 9.59 Å². The minimum Gasteiger partial charge on any atom is -0.495 e. The van der Waals surface area contributed by atoms with Crippen LogP contribution in [0.4, 0.5) is 11.4 Å². The van der Waals surface area contributed by atoms with E-state index >= 15 is 0 Å². The number of aryl methyl sites for hydroxylation is 2. The first kappa shape index (κ1) is 18.3. The summed E-state index contributed by atoms with van der Waals surface area (Å²) in [5.41, 5.74) is 3.62. The third-order valence-corrected chi connectivity index (χ3v) is 4.85. The number of hydrogen-bond donors (Lipinski definition) is 1. The molecule has 1 N–H and O–H groups in total. The minimum absolute atomic E-state index is 0.0372. The summed E-state index contributed by atoms with van der Waals surface area (Å²) in [7, 11) is 1.53. The molecular weight excluding hydrogens is 352 g/mol. The molecule has 1 fully saturated rings. The zero-order valence-electron chi connectivity index (χ0n) is 15.0. The Hall–Kier alpha value is -2.53. The lowest BCUT2D eigenvalue weighted by Gasteiger charge is -2.19. The van der Waals surface area contributed by atoms with E-state index in [-0.39, 0.29) is 18.2 Å².